The number of carbonyl (C=O) groups excluding carboxylic acids is 1. The van der Waals surface area contributed by atoms with Gasteiger partial charge in [-0.25, -0.2) is 4.39 Å². The maximum Gasteiger partial charge on any atom is 0.307 e. The van der Waals surface area contributed by atoms with E-state index in [2.05, 4.69) is 0 Å². The number of aliphatic hydroxyl groups excluding tert-OH is 1. The van der Waals surface area contributed by atoms with Crippen molar-refractivity contribution in [2.75, 3.05) is 0 Å². The first-order valence-electron chi connectivity index (χ1n) is 10.1. The average Bonchev–Trinajstić information content (AvgIpc) is 2.84. The van der Waals surface area contributed by atoms with Gasteiger partial charge in [0.2, 0.25) is 0 Å². The molecule has 2 N–H and O–H groups in total. The SMILES string of the molecule is CC/C=C\C(=O)/C=C1\CC2C(C[C@@H]1F)C1C[C@@H](C)C(C(=O)O)[C@@]1(C)C[C@@H]2O. The molecule has 8 atom stereocenters. The molecule has 0 bridgehead atoms. The summed E-state index contributed by atoms with van der Waals surface area (Å²) in [4.78, 5) is 23.8. The number of rotatable bonds is 4. The molecule has 4 nitrogen and oxygen atoms in total. The molecule has 3 saturated carbocycles. The number of carboxylic acid groups (broad SMARTS) is 1. The van der Waals surface area contributed by atoms with Crippen molar-refractivity contribution in [3.63, 3.8) is 0 Å². The van der Waals surface area contributed by atoms with Crippen molar-refractivity contribution in [3.05, 3.63) is 23.8 Å². The largest absolute Gasteiger partial charge is 0.481 e. The van der Waals surface area contributed by atoms with Crippen LogP contribution < -0.4 is 0 Å². The van der Waals surface area contributed by atoms with E-state index < -0.39 is 29.6 Å². The van der Waals surface area contributed by atoms with Crippen molar-refractivity contribution >= 4 is 11.8 Å². The predicted molar refractivity (Wildman–Crippen MR) is 101 cm³/mol. The molecule has 3 aliphatic carbocycles. The smallest absolute Gasteiger partial charge is 0.307 e. The van der Waals surface area contributed by atoms with Gasteiger partial charge in [0.05, 0.1) is 12.0 Å². The van der Waals surface area contributed by atoms with Gasteiger partial charge in [-0.05, 0) is 78.9 Å². The molecular formula is C22H31FO4. The second-order valence-electron chi connectivity index (χ2n) is 9.08. The quantitative estimate of drug-likeness (QED) is 0.727. The highest BCUT2D eigenvalue weighted by Crippen LogP contribution is 2.63. The standard InChI is InChI=1S/C22H31FO4/c1-4-5-6-14(24)8-13-9-16-15(10-18(13)23)17-7-12(2)20(21(26)27)22(17,3)11-19(16)25/h5-6,8,12,15-20,25H,4,7,9-11H2,1-3H3,(H,26,27)/b6-5-,13-8+/t12-,15?,16?,17?,18+,19+,20?,22+/m1/s1. The first-order valence-corrected chi connectivity index (χ1v) is 10.1. The maximum atomic E-state index is 14.9. The zero-order chi connectivity index (χ0) is 19.9. The topological polar surface area (TPSA) is 74.6 Å². The van der Waals surface area contributed by atoms with Gasteiger partial charge in [-0.1, -0.05) is 26.8 Å². The fraction of sp³-hybridized carbons (Fsp3) is 0.727. The second kappa shape index (κ2) is 7.50. The van der Waals surface area contributed by atoms with Gasteiger partial charge in [0, 0.05) is 0 Å². The molecule has 0 radical (unpaired) electrons. The summed E-state index contributed by atoms with van der Waals surface area (Å²) in [7, 11) is 0. The van der Waals surface area contributed by atoms with E-state index in [-0.39, 0.29) is 35.9 Å². The number of alkyl halides is 1. The van der Waals surface area contributed by atoms with Crippen molar-refractivity contribution in [2.24, 2.45) is 35.0 Å². The molecule has 0 aromatic heterocycles. The highest BCUT2D eigenvalue weighted by Gasteiger charge is 2.62. The van der Waals surface area contributed by atoms with E-state index in [1.54, 1.807) is 6.08 Å². The van der Waals surface area contributed by atoms with Crippen LogP contribution in [0.2, 0.25) is 0 Å². The molecule has 0 spiro atoms. The lowest BCUT2D eigenvalue weighted by Crippen LogP contribution is -2.52. The van der Waals surface area contributed by atoms with Crippen molar-refractivity contribution in [3.8, 4) is 0 Å². The summed E-state index contributed by atoms with van der Waals surface area (Å²) in [6, 6.07) is 0. The van der Waals surface area contributed by atoms with Crippen LogP contribution in [0.3, 0.4) is 0 Å². The third kappa shape index (κ3) is 3.51. The molecule has 27 heavy (non-hydrogen) atoms. The molecule has 0 amide bonds. The normalized spacial score (nSPS) is 45.7. The fourth-order valence-electron chi connectivity index (χ4n) is 6.37. The van der Waals surface area contributed by atoms with E-state index in [1.165, 1.54) is 12.2 Å². The average molecular weight is 378 g/mol. The van der Waals surface area contributed by atoms with Crippen LogP contribution in [-0.2, 0) is 9.59 Å². The van der Waals surface area contributed by atoms with Gasteiger partial charge in [0.1, 0.15) is 6.17 Å². The fourth-order valence-corrected chi connectivity index (χ4v) is 6.37. The Morgan fingerprint density at radius 1 is 1.30 bits per heavy atom. The number of hydrogen-bond donors (Lipinski definition) is 2. The highest BCUT2D eigenvalue weighted by molar-refractivity contribution is 5.99. The highest BCUT2D eigenvalue weighted by atomic mass is 19.1. The van der Waals surface area contributed by atoms with Crippen LogP contribution in [0, 0.1) is 35.0 Å². The van der Waals surface area contributed by atoms with Crippen molar-refractivity contribution in [1.82, 2.24) is 0 Å². The lowest BCUT2D eigenvalue weighted by molar-refractivity contribution is -0.153. The van der Waals surface area contributed by atoms with Gasteiger partial charge in [-0.15, -0.1) is 0 Å². The van der Waals surface area contributed by atoms with Crippen LogP contribution in [0.15, 0.2) is 23.8 Å². The molecular weight excluding hydrogens is 347 g/mol. The Morgan fingerprint density at radius 2 is 2.00 bits per heavy atom. The number of carboxylic acids is 1. The van der Waals surface area contributed by atoms with Crippen LogP contribution in [-0.4, -0.2) is 34.2 Å². The molecule has 3 rings (SSSR count). The molecule has 0 aromatic carbocycles. The van der Waals surface area contributed by atoms with Crippen LogP contribution in [0.4, 0.5) is 4.39 Å². The van der Waals surface area contributed by atoms with Crippen molar-refractivity contribution < 1.29 is 24.2 Å². The Balaban J connectivity index is 1.85. The number of allylic oxidation sites excluding steroid dienone is 4. The summed E-state index contributed by atoms with van der Waals surface area (Å²) < 4.78 is 14.9. The zero-order valence-electron chi connectivity index (χ0n) is 16.4. The number of ketones is 1. The number of carbonyl (C=O) groups is 2. The van der Waals surface area contributed by atoms with E-state index in [9.17, 15) is 24.2 Å². The molecule has 4 unspecified atom stereocenters. The summed E-state index contributed by atoms with van der Waals surface area (Å²) in [6.07, 6.45) is 5.39. The Bertz CT molecular complexity index is 669. The van der Waals surface area contributed by atoms with E-state index in [0.29, 0.717) is 18.4 Å². The minimum Gasteiger partial charge on any atom is -0.481 e. The lowest BCUT2D eigenvalue weighted by atomic mass is 9.53. The van der Waals surface area contributed by atoms with Crippen molar-refractivity contribution in [2.45, 2.75) is 65.2 Å². The summed E-state index contributed by atoms with van der Waals surface area (Å²) in [5.74, 6) is -1.49. The van der Waals surface area contributed by atoms with Crippen LogP contribution in [0.5, 0.6) is 0 Å². The Labute approximate surface area is 160 Å². The Morgan fingerprint density at radius 3 is 2.63 bits per heavy atom. The number of hydrogen-bond acceptors (Lipinski definition) is 3. The zero-order valence-corrected chi connectivity index (χ0v) is 16.4. The minimum atomic E-state index is -1.20. The lowest BCUT2D eigenvalue weighted by Gasteiger charge is -2.52. The molecule has 3 fully saturated rings. The van der Waals surface area contributed by atoms with E-state index >= 15 is 0 Å². The third-order valence-corrected chi connectivity index (χ3v) is 7.43. The first kappa shape index (κ1) is 20.2. The molecule has 0 saturated heterocycles. The third-order valence-electron chi connectivity index (χ3n) is 7.43. The maximum absolute atomic E-state index is 14.9. The van der Waals surface area contributed by atoms with Crippen molar-refractivity contribution in [1.29, 1.82) is 0 Å². The van der Waals surface area contributed by atoms with Crippen LogP contribution in [0.25, 0.3) is 0 Å². The van der Waals surface area contributed by atoms with Gasteiger partial charge in [0.15, 0.2) is 5.78 Å². The van der Waals surface area contributed by atoms with Crippen LogP contribution >= 0.6 is 0 Å². The number of halogens is 1. The van der Waals surface area contributed by atoms with Gasteiger partial charge in [-0.3, -0.25) is 9.59 Å². The van der Waals surface area contributed by atoms with Gasteiger partial charge < -0.3 is 10.2 Å². The molecule has 0 aliphatic heterocycles. The van der Waals surface area contributed by atoms with Crippen LogP contribution in [0.1, 0.15) is 52.9 Å². The minimum absolute atomic E-state index is 0.0270. The Hall–Kier alpha value is -1.49. The second-order valence-corrected chi connectivity index (χ2v) is 9.08. The molecule has 0 heterocycles. The summed E-state index contributed by atoms with van der Waals surface area (Å²) in [6.45, 7) is 5.86. The summed E-state index contributed by atoms with van der Waals surface area (Å²) in [5.41, 5.74) is -0.0163. The molecule has 3 aliphatic rings. The molecule has 0 aromatic rings. The number of aliphatic hydroxyl groups is 1. The summed E-state index contributed by atoms with van der Waals surface area (Å²) >= 11 is 0. The van der Waals surface area contributed by atoms with E-state index in [0.717, 1.165) is 12.8 Å². The van der Waals surface area contributed by atoms with Gasteiger partial charge in [0.25, 0.3) is 0 Å². The first-order chi connectivity index (χ1) is 12.7. The molecule has 5 heteroatoms. The van der Waals surface area contributed by atoms with Gasteiger partial charge in [-0.2, -0.15) is 0 Å². The van der Waals surface area contributed by atoms with E-state index in [1.807, 2.05) is 20.8 Å². The summed E-state index contributed by atoms with van der Waals surface area (Å²) in [5, 5.41) is 20.6. The van der Waals surface area contributed by atoms with E-state index in [4.69, 9.17) is 0 Å². The number of aliphatic carboxylic acids is 1. The monoisotopic (exact) mass is 378 g/mol. The number of fused-ring (bicyclic) bond motifs is 3. The van der Waals surface area contributed by atoms with Gasteiger partial charge >= 0.3 is 5.97 Å². The predicted octanol–water partition coefficient (Wildman–Crippen LogP) is 3.94. The molecule has 150 valence electrons. The Kier molecular flexibility index (Phi) is 5.62.